The lowest BCUT2D eigenvalue weighted by molar-refractivity contribution is -0.137. The topological polar surface area (TPSA) is 63.3 Å². The van der Waals surface area contributed by atoms with Crippen LogP contribution in [0.5, 0.6) is 0 Å². The smallest absolute Gasteiger partial charge is 0.303 e. The molecule has 0 bridgehead atoms. The second-order valence-corrected chi connectivity index (χ2v) is 4.01. The zero-order chi connectivity index (χ0) is 10.6. The SMILES string of the molecule is NC(CCC(=O)O)c1ccc(Br)cc1. The Kier molecular flexibility index (Phi) is 4.10. The van der Waals surface area contributed by atoms with Gasteiger partial charge in [0.05, 0.1) is 0 Å². The molecule has 0 aliphatic carbocycles. The van der Waals surface area contributed by atoms with E-state index in [0.29, 0.717) is 6.42 Å². The van der Waals surface area contributed by atoms with Gasteiger partial charge in [0.25, 0.3) is 0 Å². The molecule has 1 aromatic carbocycles. The summed E-state index contributed by atoms with van der Waals surface area (Å²) in [4.78, 5) is 10.3. The summed E-state index contributed by atoms with van der Waals surface area (Å²) >= 11 is 3.32. The molecule has 0 heterocycles. The van der Waals surface area contributed by atoms with Crippen molar-refractivity contribution in [3.8, 4) is 0 Å². The van der Waals surface area contributed by atoms with Crippen molar-refractivity contribution >= 4 is 21.9 Å². The summed E-state index contributed by atoms with van der Waals surface area (Å²) in [6.45, 7) is 0. The zero-order valence-corrected chi connectivity index (χ0v) is 9.20. The number of carbonyl (C=O) groups is 1. The van der Waals surface area contributed by atoms with Crippen LogP contribution in [0, 0.1) is 0 Å². The van der Waals surface area contributed by atoms with Gasteiger partial charge in [-0.05, 0) is 24.1 Å². The minimum absolute atomic E-state index is 0.108. The molecule has 0 fully saturated rings. The molecule has 76 valence electrons. The third-order valence-corrected chi connectivity index (χ3v) is 2.50. The van der Waals surface area contributed by atoms with E-state index in [2.05, 4.69) is 15.9 Å². The number of nitrogens with two attached hydrogens (primary N) is 1. The van der Waals surface area contributed by atoms with E-state index < -0.39 is 5.97 Å². The summed E-state index contributed by atoms with van der Waals surface area (Å²) < 4.78 is 0.992. The highest BCUT2D eigenvalue weighted by atomic mass is 79.9. The quantitative estimate of drug-likeness (QED) is 0.871. The molecule has 0 aliphatic heterocycles. The number of carboxylic acids is 1. The van der Waals surface area contributed by atoms with Crippen molar-refractivity contribution in [2.75, 3.05) is 0 Å². The minimum Gasteiger partial charge on any atom is -0.481 e. The molecule has 1 rings (SSSR count). The Morgan fingerprint density at radius 1 is 1.43 bits per heavy atom. The van der Waals surface area contributed by atoms with E-state index >= 15 is 0 Å². The lowest BCUT2D eigenvalue weighted by Crippen LogP contribution is -2.12. The summed E-state index contributed by atoms with van der Waals surface area (Å²) in [5, 5.41) is 8.49. The van der Waals surface area contributed by atoms with Crippen molar-refractivity contribution in [3.05, 3.63) is 34.3 Å². The standard InChI is InChI=1S/C10H12BrNO2/c11-8-3-1-7(2-4-8)9(12)5-6-10(13)14/h1-4,9H,5-6,12H2,(H,13,14). The van der Waals surface area contributed by atoms with Crippen LogP contribution in [0.15, 0.2) is 28.7 Å². The van der Waals surface area contributed by atoms with E-state index in [4.69, 9.17) is 10.8 Å². The molecule has 0 saturated carbocycles. The Labute approximate surface area is 91.1 Å². The molecule has 0 saturated heterocycles. The Morgan fingerprint density at radius 2 is 2.00 bits per heavy atom. The predicted octanol–water partition coefficient (Wildman–Crippen LogP) is 2.31. The van der Waals surface area contributed by atoms with Crippen LogP contribution in [0.4, 0.5) is 0 Å². The van der Waals surface area contributed by atoms with Gasteiger partial charge < -0.3 is 10.8 Å². The maximum absolute atomic E-state index is 10.3. The lowest BCUT2D eigenvalue weighted by atomic mass is 10.0. The molecule has 1 aromatic rings. The van der Waals surface area contributed by atoms with E-state index in [9.17, 15) is 4.79 Å². The van der Waals surface area contributed by atoms with E-state index in [0.717, 1.165) is 10.0 Å². The molecular formula is C10H12BrNO2. The molecule has 0 aromatic heterocycles. The van der Waals surface area contributed by atoms with Gasteiger partial charge >= 0.3 is 5.97 Å². The van der Waals surface area contributed by atoms with Crippen molar-refractivity contribution in [2.24, 2.45) is 5.73 Å². The van der Waals surface area contributed by atoms with Gasteiger partial charge in [0, 0.05) is 16.9 Å². The summed E-state index contributed by atoms with van der Waals surface area (Å²) in [5.41, 5.74) is 6.78. The Balaban J connectivity index is 2.56. The van der Waals surface area contributed by atoms with Gasteiger partial charge in [-0.3, -0.25) is 4.79 Å². The number of benzene rings is 1. The average molecular weight is 258 g/mol. The molecule has 3 N–H and O–H groups in total. The van der Waals surface area contributed by atoms with Crippen molar-refractivity contribution in [2.45, 2.75) is 18.9 Å². The van der Waals surface area contributed by atoms with Crippen LogP contribution in [0.25, 0.3) is 0 Å². The van der Waals surface area contributed by atoms with Crippen LogP contribution in [0.2, 0.25) is 0 Å². The second-order valence-electron chi connectivity index (χ2n) is 3.09. The van der Waals surface area contributed by atoms with Gasteiger partial charge in [0.1, 0.15) is 0 Å². The summed E-state index contributed by atoms with van der Waals surface area (Å²) in [5.74, 6) is -0.808. The van der Waals surface area contributed by atoms with Crippen molar-refractivity contribution in [1.82, 2.24) is 0 Å². The summed E-state index contributed by atoms with van der Waals surface area (Å²) in [7, 11) is 0. The normalized spacial score (nSPS) is 12.4. The molecule has 1 atom stereocenters. The number of aliphatic carboxylic acids is 1. The molecule has 0 amide bonds. The largest absolute Gasteiger partial charge is 0.481 e. The fraction of sp³-hybridized carbons (Fsp3) is 0.300. The summed E-state index contributed by atoms with van der Waals surface area (Å²) in [6, 6.07) is 7.40. The van der Waals surface area contributed by atoms with Crippen LogP contribution >= 0.6 is 15.9 Å². The third kappa shape index (κ3) is 3.47. The van der Waals surface area contributed by atoms with Crippen LogP contribution in [0.1, 0.15) is 24.4 Å². The van der Waals surface area contributed by atoms with Crippen molar-refractivity contribution in [1.29, 1.82) is 0 Å². The first-order valence-electron chi connectivity index (χ1n) is 4.32. The van der Waals surface area contributed by atoms with Gasteiger partial charge in [0.15, 0.2) is 0 Å². The fourth-order valence-electron chi connectivity index (χ4n) is 1.16. The first-order valence-corrected chi connectivity index (χ1v) is 5.11. The second kappa shape index (κ2) is 5.12. The monoisotopic (exact) mass is 257 g/mol. The van der Waals surface area contributed by atoms with Crippen LogP contribution in [0.3, 0.4) is 0 Å². The molecule has 1 unspecified atom stereocenters. The highest BCUT2D eigenvalue weighted by molar-refractivity contribution is 9.10. The van der Waals surface area contributed by atoms with Crippen molar-refractivity contribution < 1.29 is 9.90 Å². The molecule has 3 nitrogen and oxygen atoms in total. The third-order valence-electron chi connectivity index (χ3n) is 1.97. The molecular weight excluding hydrogens is 246 g/mol. The highest BCUT2D eigenvalue weighted by Crippen LogP contribution is 2.18. The fourth-order valence-corrected chi connectivity index (χ4v) is 1.42. The van der Waals surface area contributed by atoms with Gasteiger partial charge in [-0.15, -0.1) is 0 Å². The Morgan fingerprint density at radius 3 is 2.50 bits per heavy atom. The van der Waals surface area contributed by atoms with E-state index in [1.54, 1.807) is 0 Å². The number of rotatable bonds is 4. The number of hydrogen-bond donors (Lipinski definition) is 2. The average Bonchev–Trinajstić information content (AvgIpc) is 2.15. The van der Waals surface area contributed by atoms with Crippen LogP contribution < -0.4 is 5.73 Å². The first-order chi connectivity index (χ1) is 6.59. The molecule has 14 heavy (non-hydrogen) atoms. The van der Waals surface area contributed by atoms with Gasteiger partial charge in [-0.2, -0.15) is 0 Å². The maximum atomic E-state index is 10.3. The van der Waals surface area contributed by atoms with Gasteiger partial charge in [-0.1, -0.05) is 28.1 Å². The molecule has 0 radical (unpaired) electrons. The molecule has 0 spiro atoms. The Bertz CT molecular complexity index is 310. The van der Waals surface area contributed by atoms with Crippen molar-refractivity contribution in [3.63, 3.8) is 0 Å². The van der Waals surface area contributed by atoms with Gasteiger partial charge in [-0.25, -0.2) is 0 Å². The summed E-state index contributed by atoms with van der Waals surface area (Å²) in [6.07, 6.45) is 0.578. The van der Waals surface area contributed by atoms with Gasteiger partial charge in [0.2, 0.25) is 0 Å². The minimum atomic E-state index is -0.808. The number of halogens is 1. The lowest BCUT2D eigenvalue weighted by Gasteiger charge is -2.10. The number of carboxylic acid groups (broad SMARTS) is 1. The van der Waals surface area contributed by atoms with E-state index in [1.165, 1.54) is 0 Å². The number of hydrogen-bond acceptors (Lipinski definition) is 2. The molecule has 0 aliphatic rings. The van der Waals surface area contributed by atoms with E-state index in [1.807, 2.05) is 24.3 Å². The predicted molar refractivity (Wildman–Crippen MR) is 57.9 cm³/mol. The maximum Gasteiger partial charge on any atom is 0.303 e. The molecule has 4 heteroatoms. The highest BCUT2D eigenvalue weighted by Gasteiger charge is 2.07. The van der Waals surface area contributed by atoms with Crippen LogP contribution in [-0.2, 0) is 4.79 Å². The Hall–Kier alpha value is -0.870. The first kappa shape index (κ1) is 11.2. The van der Waals surface area contributed by atoms with E-state index in [-0.39, 0.29) is 12.5 Å². The zero-order valence-electron chi connectivity index (χ0n) is 7.61. The van der Waals surface area contributed by atoms with Crippen LogP contribution in [-0.4, -0.2) is 11.1 Å².